The molecule has 2 heterocycles. The van der Waals surface area contributed by atoms with Gasteiger partial charge in [-0.1, -0.05) is 17.8 Å². The average molecular weight is 373 g/mol. The van der Waals surface area contributed by atoms with E-state index in [0.717, 1.165) is 0 Å². The van der Waals surface area contributed by atoms with Crippen LogP contribution >= 0.6 is 11.8 Å². The van der Waals surface area contributed by atoms with Crippen molar-refractivity contribution in [2.45, 2.75) is 12.1 Å². The standard InChI is InChI=1S/C16H15N5O4S/c1-10-11(5-3-6-12(10)21(23)24)17-14(22)9-26-16-19-18-15(20(16)2)13-7-4-8-25-13/h3-8H,9H2,1-2H3,(H,17,22). The molecule has 3 aromatic rings. The van der Waals surface area contributed by atoms with Gasteiger partial charge in [0.1, 0.15) is 0 Å². The van der Waals surface area contributed by atoms with E-state index in [-0.39, 0.29) is 17.3 Å². The number of carbonyl (C=O) groups is 1. The van der Waals surface area contributed by atoms with E-state index in [9.17, 15) is 14.9 Å². The molecular weight excluding hydrogens is 358 g/mol. The van der Waals surface area contributed by atoms with Gasteiger partial charge in [-0.3, -0.25) is 14.9 Å². The van der Waals surface area contributed by atoms with Gasteiger partial charge in [-0.2, -0.15) is 0 Å². The van der Waals surface area contributed by atoms with E-state index in [1.54, 1.807) is 43.0 Å². The molecule has 0 radical (unpaired) electrons. The lowest BCUT2D eigenvalue weighted by Crippen LogP contribution is -2.15. The summed E-state index contributed by atoms with van der Waals surface area (Å²) in [6, 6.07) is 8.09. The summed E-state index contributed by atoms with van der Waals surface area (Å²) >= 11 is 1.21. The van der Waals surface area contributed by atoms with Crippen LogP contribution < -0.4 is 5.32 Å². The average Bonchev–Trinajstić information content (AvgIpc) is 3.24. The molecule has 0 saturated heterocycles. The highest BCUT2D eigenvalue weighted by Gasteiger charge is 2.17. The number of benzene rings is 1. The summed E-state index contributed by atoms with van der Waals surface area (Å²) in [4.78, 5) is 22.7. The highest BCUT2D eigenvalue weighted by molar-refractivity contribution is 7.99. The number of carbonyl (C=O) groups excluding carboxylic acids is 1. The zero-order chi connectivity index (χ0) is 18.7. The van der Waals surface area contributed by atoms with Crippen LogP contribution in [0.4, 0.5) is 11.4 Å². The summed E-state index contributed by atoms with van der Waals surface area (Å²) in [5, 5.41) is 22.3. The van der Waals surface area contributed by atoms with Gasteiger partial charge in [-0.25, -0.2) is 0 Å². The summed E-state index contributed by atoms with van der Waals surface area (Å²) in [7, 11) is 1.78. The number of thioether (sulfide) groups is 1. The number of amides is 1. The van der Waals surface area contributed by atoms with Crippen molar-refractivity contribution in [3.05, 3.63) is 52.3 Å². The zero-order valence-corrected chi connectivity index (χ0v) is 14.8. The van der Waals surface area contributed by atoms with Crippen molar-refractivity contribution in [2.24, 2.45) is 7.05 Å². The second-order valence-electron chi connectivity index (χ2n) is 5.39. The van der Waals surface area contributed by atoms with E-state index in [4.69, 9.17) is 4.42 Å². The molecule has 0 aliphatic heterocycles. The summed E-state index contributed by atoms with van der Waals surface area (Å²) in [5.41, 5.74) is 0.792. The van der Waals surface area contributed by atoms with Crippen LogP contribution in [0.2, 0.25) is 0 Å². The van der Waals surface area contributed by atoms with Crippen molar-refractivity contribution in [3.63, 3.8) is 0 Å². The Balaban J connectivity index is 1.65. The number of rotatable bonds is 6. The highest BCUT2D eigenvalue weighted by atomic mass is 32.2. The van der Waals surface area contributed by atoms with Crippen LogP contribution in [0.15, 0.2) is 46.2 Å². The molecule has 2 aromatic heterocycles. The van der Waals surface area contributed by atoms with Gasteiger partial charge in [0.25, 0.3) is 5.69 Å². The highest BCUT2D eigenvalue weighted by Crippen LogP contribution is 2.26. The number of anilines is 1. The Morgan fingerprint density at radius 1 is 1.35 bits per heavy atom. The molecule has 1 aromatic carbocycles. The number of hydrogen-bond donors (Lipinski definition) is 1. The van der Waals surface area contributed by atoms with Crippen LogP contribution in [0.25, 0.3) is 11.6 Å². The minimum absolute atomic E-state index is 0.0353. The SMILES string of the molecule is Cc1c(NC(=O)CSc2nnc(-c3ccco3)n2C)cccc1[N+](=O)[O-]. The molecule has 1 amide bonds. The third-order valence-electron chi connectivity index (χ3n) is 3.68. The largest absolute Gasteiger partial charge is 0.461 e. The van der Waals surface area contributed by atoms with Gasteiger partial charge in [0, 0.05) is 13.1 Å². The second-order valence-corrected chi connectivity index (χ2v) is 6.33. The van der Waals surface area contributed by atoms with Crippen molar-refractivity contribution in [1.82, 2.24) is 14.8 Å². The fraction of sp³-hybridized carbons (Fsp3) is 0.188. The molecule has 9 nitrogen and oxygen atoms in total. The van der Waals surface area contributed by atoms with Gasteiger partial charge in [0.15, 0.2) is 16.7 Å². The van der Waals surface area contributed by atoms with Crippen LogP contribution in [-0.4, -0.2) is 31.3 Å². The number of nitrogens with zero attached hydrogens (tertiary/aromatic N) is 4. The number of furan rings is 1. The lowest BCUT2D eigenvalue weighted by molar-refractivity contribution is -0.385. The summed E-state index contributed by atoms with van der Waals surface area (Å²) < 4.78 is 7.03. The molecule has 0 fully saturated rings. The molecule has 0 aliphatic carbocycles. The van der Waals surface area contributed by atoms with Crippen molar-refractivity contribution in [1.29, 1.82) is 0 Å². The molecule has 3 rings (SSSR count). The second kappa shape index (κ2) is 7.40. The third kappa shape index (κ3) is 3.59. The lowest BCUT2D eigenvalue weighted by atomic mass is 10.1. The molecule has 1 N–H and O–H groups in total. The Morgan fingerprint density at radius 3 is 2.85 bits per heavy atom. The van der Waals surface area contributed by atoms with Gasteiger partial charge in [0.05, 0.1) is 28.2 Å². The Labute approximate surface area is 152 Å². The van der Waals surface area contributed by atoms with Crippen LogP contribution in [0.5, 0.6) is 0 Å². The molecule has 10 heteroatoms. The molecule has 26 heavy (non-hydrogen) atoms. The molecule has 134 valence electrons. The first-order valence-electron chi connectivity index (χ1n) is 7.57. The molecular formula is C16H15N5O4S. The first kappa shape index (κ1) is 17.7. The van der Waals surface area contributed by atoms with Crippen LogP contribution in [0, 0.1) is 17.0 Å². The van der Waals surface area contributed by atoms with Gasteiger partial charge in [-0.05, 0) is 25.1 Å². The topological polar surface area (TPSA) is 116 Å². The van der Waals surface area contributed by atoms with Crippen LogP contribution in [-0.2, 0) is 11.8 Å². The fourth-order valence-electron chi connectivity index (χ4n) is 2.33. The molecule has 0 saturated carbocycles. The maximum absolute atomic E-state index is 12.2. The maximum Gasteiger partial charge on any atom is 0.274 e. The van der Waals surface area contributed by atoms with Gasteiger partial charge in [-0.15, -0.1) is 10.2 Å². The first-order valence-corrected chi connectivity index (χ1v) is 8.56. The normalized spacial score (nSPS) is 10.7. The van der Waals surface area contributed by atoms with E-state index in [1.807, 2.05) is 0 Å². The molecule has 0 bridgehead atoms. The minimum Gasteiger partial charge on any atom is -0.461 e. The number of nitro groups is 1. The predicted octanol–water partition coefficient (Wildman–Crippen LogP) is 3.02. The zero-order valence-electron chi connectivity index (χ0n) is 14.0. The number of nitro benzene ring substituents is 1. The monoisotopic (exact) mass is 373 g/mol. The van der Waals surface area contributed by atoms with E-state index in [2.05, 4.69) is 15.5 Å². The van der Waals surface area contributed by atoms with Crippen molar-refractivity contribution >= 4 is 29.0 Å². The Kier molecular flexibility index (Phi) is 5.03. The molecule has 0 unspecified atom stereocenters. The summed E-state index contributed by atoms with van der Waals surface area (Å²) in [5.74, 6) is 0.948. The number of nitrogens with one attached hydrogen (secondary N) is 1. The smallest absolute Gasteiger partial charge is 0.274 e. The lowest BCUT2D eigenvalue weighted by Gasteiger charge is -2.08. The van der Waals surface area contributed by atoms with E-state index in [1.165, 1.54) is 23.9 Å². The van der Waals surface area contributed by atoms with Gasteiger partial charge < -0.3 is 14.3 Å². The predicted molar refractivity (Wildman–Crippen MR) is 95.9 cm³/mol. The number of hydrogen-bond acceptors (Lipinski definition) is 7. The quantitative estimate of drug-likeness (QED) is 0.401. The van der Waals surface area contributed by atoms with Crippen molar-refractivity contribution in [2.75, 3.05) is 11.1 Å². The first-order chi connectivity index (χ1) is 12.5. The van der Waals surface area contributed by atoms with Crippen molar-refractivity contribution < 1.29 is 14.1 Å². The molecule has 0 atom stereocenters. The summed E-state index contributed by atoms with van der Waals surface area (Å²) in [6.45, 7) is 1.60. The van der Waals surface area contributed by atoms with E-state index in [0.29, 0.717) is 28.0 Å². The molecule has 0 spiro atoms. The Hall–Kier alpha value is -3.14. The third-order valence-corrected chi connectivity index (χ3v) is 4.71. The van der Waals surface area contributed by atoms with Gasteiger partial charge >= 0.3 is 0 Å². The Bertz CT molecular complexity index is 952. The minimum atomic E-state index is -0.477. The number of aromatic nitrogens is 3. The van der Waals surface area contributed by atoms with Crippen LogP contribution in [0.3, 0.4) is 0 Å². The van der Waals surface area contributed by atoms with Gasteiger partial charge in [0.2, 0.25) is 5.91 Å². The maximum atomic E-state index is 12.2. The van der Waals surface area contributed by atoms with E-state index < -0.39 is 4.92 Å². The fourth-order valence-corrected chi connectivity index (χ4v) is 3.05. The van der Waals surface area contributed by atoms with Crippen LogP contribution in [0.1, 0.15) is 5.56 Å². The van der Waals surface area contributed by atoms with Crippen molar-refractivity contribution in [3.8, 4) is 11.6 Å². The Morgan fingerprint density at radius 2 is 2.15 bits per heavy atom. The molecule has 0 aliphatic rings. The summed E-state index contributed by atoms with van der Waals surface area (Å²) in [6.07, 6.45) is 1.55. The van der Waals surface area contributed by atoms with E-state index >= 15 is 0 Å².